The van der Waals surface area contributed by atoms with Gasteiger partial charge in [0, 0.05) is 5.69 Å². The van der Waals surface area contributed by atoms with Crippen LogP contribution in [0.15, 0.2) is 36.4 Å². The fraction of sp³-hybridized carbons (Fsp3) is 0.200. The summed E-state index contributed by atoms with van der Waals surface area (Å²) in [5, 5.41) is 3.03. The van der Waals surface area contributed by atoms with Gasteiger partial charge in [-0.15, -0.1) is 0 Å². The molecule has 0 radical (unpaired) electrons. The molecule has 1 amide bonds. The van der Waals surface area contributed by atoms with Gasteiger partial charge in [0.05, 0.1) is 5.02 Å². The molecule has 1 aromatic carbocycles. The van der Waals surface area contributed by atoms with E-state index in [-0.39, 0.29) is 16.6 Å². The minimum atomic E-state index is -0.380. The van der Waals surface area contributed by atoms with Crippen LogP contribution in [0.4, 0.5) is 11.5 Å². The number of anilines is 2. The molecule has 0 atom stereocenters. The van der Waals surface area contributed by atoms with E-state index in [4.69, 9.17) is 17.4 Å². The second kappa shape index (κ2) is 6.56. The van der Waals surface area contributed by atoms with Crippen LogP contribution in [0.25, 0.3) is 0 Å². The largest absolute Gasteiger partial charge is 0.321 e. The number of hydrazine groups is 1. The third kappa shape index (κ3) is 3.71. The first-order valence-electron chi connectivity index (χ1n) is 6.55. The molecule has 6 heteroatoms. The van der Waals surface area contributed by atoms with Crippen molar-refractivity contribution in [1.82, 2.24) is 4.98 Å². The monoisotopic (exact) mass is 304 g/mol. The Kier molecular flexibility index (Phi) is 4.77. The molecule has 0 spiro atoms. The van der Waals surface area contributed by atoms with Gasteiger partial charge in [-0.3, -0.25) is 4.79 Å². The molecule has 0 saturated heterocycles. The van der Waals surface area contributed by atoms with Crippen LogP contribution in [-0.4, -0.2) is 10.9 Å². The van der Waals surface area contributed by atoms with Gasteiger partial charge in [-0.1, -0.05) is 37.6 Å². The zero-order chi connectivity index (χ0) is 15.4. The lowest BCUT2D eigenvalue weighted by Crippen LogP contribution is -2.16. The molecule has 21 heavy (non-hydrogen) atoms. The smallest absolute Gasteiger partial charge is 0.275 e. The van der Waals surface area contributed by atoms with Crippen LogP contribution < -0.4 is 16.6 Å². The van der Waals surface area contributed by atoms with Crippen molar-refractivity contribution in [1.29, 1.82) is 0 Å². The maximum absolute atomic E-state index is 12.2. The van der Waals surface area contributed by atoms with Gasteiger partial charge < -0.3 is 10.7 Å². The quantitative estimate of drug-likeness (QED) is 0.597. The maximum Gasteiger partial charge on any atom is 0.275 e. The number of pyridine rings is 1. The molecule has 0 fully saturated rings. The van der Waals surface area contributed by atoms with Crippen LogP contribution in [0.5, 0.6) is 0 Å². The molecule has 0 saturated carbocycles. The maximum atomic E-state index is 12.2. The predicted molar refractivity (Wildman–Crippen MR) is 85.5 cm³/mol. The van der Waals surface area contributed by atoms with Crippen molar-refractivity contribution < 1.29 is 4.79 Å². The average molecular weight is 305 g/mol. The Morgan fingerprint density at radius 3 is 2.43 bits per heavy atom. The Morgan fingerprint density at radius 1 is 1.19 bits per heavy atom. The number of hydrogen-bond acceptors (Lipinski definition) is 4. The van der Waals surface area contributed by atoms with Gasteiger partial charge >= 0.3 is 0 Å². The highest BCUT2D eigenvalue weighted by Gasteiger charge is 2.13. The number of nitrogens with two attached hydrogens (primary N) is 1. The number of nitrogen functional groups attached to an aromatic ring is 1. The molecule has 0 bridgehead atoms. The molecule has 4 N–H and O–H groups in total. The Morgan fingerprint density at radius 2 is 1.86 bits per heavy atom. The highest BCUT2D eigenvalue weighted by Crippen LogP contribution is 2.20. The van der Waals surface area contributed by atoms with E-state index in [0.29, 0.717) is 17.4 Å². The fourth-order valence-corrected chi connectivity index (χ4v) is 2.01. The Bertz CT molecular complexity index is 641. The molecule has 0 aliphatic heterocycles. The third-order valence-corrected chi connectivity index (χ3v) is 3.35. The van der Waals surface area contributed by atoms with E-state index in [2.05, 4.69) is 29.6 Å². The molecule has 110 valence electrons. The Labute approximate surface area is 128 Å². The molecule has 2 rings (SSSR count). The highest BCUT2D eigenvalue weighted by molar-refractivity contribution is 6.34. The number of nitrogens with zero attached hydrogens (tertiary/aromatic N) is 1. The van der Waals surface area contributed by atoms with Crippen LogP contribution in [0.2, 0.25) is 5.02 Å². The summed E-state index contributed by atoms with van der Waals surface area (Å²) in [4.78, 5) is 16.2. The van der Waals surface area contributed by atoms with E-state index in [1.54, 1.807) is 12.1 Å². The minimum absolute atomic E-state index is 0.125. The lowest BCUT2D eigenvalue weighted by Gasteiger charge is -2.09. The van der Waals surface area contributed by atoms with Gasteiger partial charge in [0.1, 0.15) is 11.5 Å². The van der Waals surface area contributed by atoms with Gasteiger partial charge in [0.25, 0.3) is 5.91 Å². The third-order valence-electron chi connectivity index (χ3n) is 3.04. The molecular formula is C15H17ClN4O. The SMILES string of the molecule is CC(C)c1ccc(NC(=O)c2nc(NN)ccc2Cl)cc1. The van der Waals surface area contributed by atoms with Crippen molar-refractivity contribution in [2.24, 2.45) is 5.84 Å². The van der Waals surface area contributed by atoms with Gasteiger partial charge in [-0.25, -0.2) is 10.8 Å². The van der Waals surface area contributed by atoms with Crippen LogP contribution in [0.1, 0.15) is 35.8 Å². The van der Waals surface area contributed by atoms with Crippen molar-refractivity contribution in [2.75, 3.05) is 10.7 Å². The molecule has 1 aromatic heterocycles. The molecule has 0 unspecified atom stereocenters. The molecule has 0 aliphatic rings. The minimum Gasteiger partial charge on any atom is -0.321 e. The van der Waals surface area contributed by atoms with Crippen molar-refractivity contribution in [3.05, 3.63) is 52.7 Å². The number of benzene rings is 1. The summed E-state index contributed by atoms with van der Waals surface area (Å²) in [5.74, 6) is 5.72. The van der Waals surface area contributed by atoms with Gasteiger partial charge in [-0.2, -0.15) is 0 Å². The zero-order valence-electron chi connectivity index (χ0n) is 11.9. The van der Waals surface area contributed by atoms with Gasteiger partial charge in [0.15, 0.2) is 0 Å². The predicted octanol–water partition coefficient (Wildman–Crippen LogP) is 3.40. The van der Waals surface area contributed by atoms with Crippen molar-refractivity contribution in [3.8, 4) is 0 Å². The second-order valence-electron chi connectivity index (χ2n) is 4.90. The second-order valence-corrected chi connectivity index (χ2v) is 5.31. The molecule has 0 aliphatic carbocycles. The van der Waals surface area contributed by atoms with E-state index in [9.17, 15) is 4.79 Å². The number of hydrogen-bond donors (Lipinski definition) is 3. The van der Waals surface area contributed by atoms with Gasteiger partial charge in [0.2, 0.25) is 0 Å². The number of amides is 1. The lowest BCUT2D eigenvalue weighted by molar-refractivity contribution is 0.102. The topological polar surface area (TPSA) is 80.0 Å². The van der Waals surface area contributed by atoms with Crippen LogP contribution >= 0.6 is 11.6 Å². The van der Waals surface area contributed by atoms with Crippen LogP contribution in [0, 0.1) is 0 Å². The normalized spacial score (nSPS) is 10.5. The standard InChI is InChI=1S/C15H17ClN4O/c1-9(2)10-3-5-11(6-4-10)18-15(21)14-12(16)7-8-13(19-14)20-17/h3-9H,17H2,1-2H3,(H,18,21)(H,19,20). The number of aromatic nitrogens is 1. The summed E-state index contributed by atoms with van der Waals surface area (Å²) in [6, 6.07) is 10.8. The zero-order valence-corrected chi connectivity index (χ0v) is 12.6. The van der Waals surface area contributed by atoms with Crippen LogP contribution in [0.3, 0.4) is 0 Å². The Hall–Kier alpha value is -2.11. The first-order valence-corrected chi connectivity index (χ1v) is 6.93. The summed E-state index contributed by atoms with van der Waals surface area (Å²) in [7, 11) is 0. The van der Waals surface area contributed by atoms with E-state index in [1.165, 1.54) is 5.56 Å². The summed E-state index contributed by atoms with van der Waals surface area (Å²) in [5.41, 5.74) is 4.40. The van der Waals surface area contributed by atoms with Crippen molar-refractivity contribution in [3.63, 3.8) is 0 Å². The highest BCUT2D eigenvalue weighted by atomic mass is 35.5. The first kappa shape index (κ1) is 15.3. The summed E-state index contributed by atoms with van der Waals surface area (Å²) in [6.07, 6.45) is 0. The first-order chi connectivity index (χ1) is 10.0. The number of carbonyl (C=O) groups excluding carboxylic acids is 1. The van der Waals surface area contributed by atoms with E-state index in [0.717, 1.165) is 0 Å². The number of halogens is 1. The summed E-state index contributed by atoms with van der Waals surface area (Å²) in [6.45, 7) is 4.23. The van der Waals surface area contributed by atoms with E-state index in [1.807, 2.05) is 24.3 Å². The van der Waals surface area contributed by atoms with Crippen molar-refractivity contribution in [2.45, 2.75) is 19.8 Å². The van der Waals surface area contributed by atoms with E-state index < -0.39 is 0 Å². The van der Waals surface area contributed by atoms with Crippen LogP contribution in [-0.2, 0) is 0 Å². The number of carbonyl (C=O) groups is 1. The molecule has 2 aromatic rings. The summed E-state index contributed by atoms with van der Waals surface area (Å²) >= 11 is 5.99. The molecule has 1 heterocycles. The Balaban J connectivity index is 2.17. The fourth-order valence-electron chi connectivity index (χ4n) is 1.82. The van der Waals surface area contributed by atoms with E-state index >= 15 is 0 Å². The summed E-state index contributed by atoms with van der Waals surface area (Å²) < 4.78 is 0. The lowest BCUT2D eigenvalue weighted by atomic mass is 10.0. The molecular weight excluding hydrogens is 288 g/mol. The van der Waals surface area contributed by atoms with Gasteiger partial charge in [-0.05, 0) is 35.7 Å². The van der Waals surface area contributed by atoms with Crippen molar-refractivity contribution >= 4 is 29.0 Å². The number of nitrogens with one attached hydrogen (secondary N) is 2. The number of rotatable bonds is 4. The average Bonchev–Trinajstić information content (AvgIpc) is 2.48. The molecule has 5 nitrogen and oxygen atoms in total.